The molecule has 22 nitrogen and oxygen atoms in total. The molecule has 3 aliphatic carbocycles. The number of primary sulfonamides is 1. The number of nitrogens with two attached hydrogens (primary N) is 1. The maximum atomic E-state index is 13.3. The molecule has 6 aromatic rings. The second-order valence-electron chi connectivity index (χ2n) is 32.3. The number of piperidine rings is 3. The number of carbonyl (C=O) groups is 5. The summed E-state index contributed by atoms with van der Waals surface area (Å²) in [5.74, 6) is 0.969. The number of carboxylic acid groups (broad SMARTS) is 1. The second kappa shape index (κ2) is 39.1. The van der Waals surface area contributed by atoms with E-state index in [1.165, 1.54) is 60.1 Å². The van der Waals surface area contributed by atoms with Crippen molar-refractivity contribution in [3.8, 4) is 0 Å². The van der Waals surface area contributed by atoms with Crippen LogP contribution in [0.1, 0.15) is 174 Å². The SMILES string of the molecule is CC(C)(C)OC(=O)N(C1CCN(Cc2cccc(/C=C/C(=O)NS(C)(=O)=O)c2)CC1)[C@@H]1C[C@H]1c1ccccc1.CC(C)(C)OC(=O)N(C1CCN(Cc2cccc(/C=C/C(=O)O)c2)CC1)[C@@H]1C[C@H]1c1ccccc1.CS(=O)(=O)NC(=O)/C=C/c1cccc(CN2CCC(C[C@@H]3C[C@H]3c3ccccc3)CC2)c1.CS(N)(=O)=O. The van der Waals surface area contributed by atoms with Gasteiger partial charge in [-0.2, -0.15) is 0 Å². The van der Waals surface area contributed by atoms with Crippen LogP contribution in [0.15, 0.2) is 182 Å². The first-order valence-electron chi connectivity index (χ1n) is 38.3. The Morgan fingerprint density at radius 2 is 0.775 bits per heavy atom. The lowest BCUT2D eigenvalue weighted by Gasteiger charge is -2.39. The van der Waals surface area contributed by atoms with E-state index in [0.29, 0.717) is 11.8 Å². The van der Waals surface area contributed by atoms with Gasteiger partial charge in [0.2, 0.25) is 30.1 Å². The number of aliphatic carboxylic acids is 1. The number of amides is 4. The van der Waals surface area contributed by atoms with E-state index in [1.807, 2.05) is 128 Å². The van der Waals surface area contributed by atoms with Crippen molar-refractivity contribution >= 4 is 78.3 Å². The minimum atomic E-state index is -3.59. The van der Waals surface area contributed by atoms with Gasteiger partial charge in [0.15, 0.2) is 0 Å². The minimum Gasteiger partial charge on any atom is -0.478 e. The number of carboxylic acids is 1. The molecule has 6 aromatic carbocycles. The molecule has 6 atom stereocenters. The van der Waals surface area contributed by atoms with E-state index in [9.17, 15) is 49.2 Å². The van der Waals surface area contributed by atoms with E-state index < -0.39 is 59.1 Å². The summed E-state index contributed by atoms with van der Waals surface area (Å²) in [4.78, 5) is 72.2. The molecule has 5 N–H and O–H groups in total. The lowest BCUT2D eigenvalue weighted by molar-refractivity contribution is -0.131. The number of rotatable bonds is 23. The zero-order valence-corrected chi connectivity index (χ0v) is 67.9. The molecular weight excluding hydrogens is 1470 g/mol. The third-order valence-electron chi connectivity index (χ3n) is 20.2. The van der Waals surface area contributed by atoms with Crippen LogP contribution in [0.5, 0.6) is 0 Å². The van der Waals surface area contributed by atoms with E-state index in [2.05, 4.69) is 117 Å². The fourth-order valence-electron chi connectivity index (χ4n) is 15.1. The number of sulfonamides is 3. The molecule has 0 radical (unpaired) electrons. The van der Waals surface area contributed by atoms with Crippen LogP contribution in [0.3, 0.4) is 0 Å². The van der Waals surface area contributed by atoms with Crippen molar-refractivity contribution in [2.75, 3.05) is 58.0 Å². The fraction of sp³-hybridized carbons (Fsp3) is 0.453. The van der Waals surface area contributed by atoms with Crippen molar-refractivity contribution in [2.45, 2.75) is 179 Å². The normalized spacial score (nSPS) is 20.8. The number of nitrogens with one attached hydrogen (secondary N) is 2. The maximum Gasteiger partial charge on any atom is 0.410 e. The molecule has 3 aliphatic heterocycles. The van der Waals surface area contributed by atoms with Crippen LogP contribution in [0.25, 0.3) is 18.2 Å². The third-order valence-corrected chi connectivity index (χ3v) is 21.3. The molecule has 4 amide bonds. The summed E-state index contributed by atoms with van der Waals surface area (Å²) < 4.78 is 79.0. The number of carbonyl (C=O) groups excluding carboxylic acids is 4. The van der Waals surface area contributed by atoms with Gasteiger partial charge in [-0.05, 0) is 205 Å². The summed E-state index contributed by atoms with van der Waals surface area (Å²) in [6, 6.07) is 56.4. The van der Waals surface area contributed by atoms with Crippen molar-refractivity contribution in [2.24, 2.45) is 17.0 Å². The molecule has 25 heteroatoms. The number of nitrogens with zero attached hydrogens (tertiary/aromatic N) is 5. The topological polar surface area (TPSA) is 293 Å². The highest BCUT2D eigenvalue weighted by Gasteiger charge is 2.50. The molecule has 111 heavy (non-hydrogen) atoms. The molecule has 598 valence electrons. The van der Waals surface area contributed by atoms with Gasteiger partial charge >= 0.3 is 18.2 Å². The molecule has 6 fully saturated rings. The van der Waals surface area contributed by atoms with Gasteiger partial charge in [0.25, 0.3) is 11.8 Å². The number of likely N-dealkylation sites (tertiary alicyclic amines) is 3. The van der Waals surface area contributed by atoms with Gasteiger partial charge in [0.05, 0.1) is 18.8 Å². The molecule has 0 aromatic heterocycles. The smallest absolute Gasteiger partial charge is 0.410 e. The van der Waals surface area contributed by atoms with Crippen LogP contribution in [-0.2, 0) is 73.6 Å². The zero-order valence-electron chi connectivity index (χ0n) is 65.5. The largest absolute Gasteiger partial charge is 0.478 e. The monoisotopic (exact) mass is 1580 g/mol. The Balaban J connectivity index is 0.000000186. The number of ether oxygens (including phenoxy) is 2. The Morgan fingerprint density at radius 1 is 0.459 bits per heavy atom. The number of hydrogen-bond donors (Lipinski definition) is 4. The standard InChI is InChI=1S/C30H39N3O5S.C29H36N2O4.C26H32N2O3S.CH5NO2S/c1-30(2,3)38-29(35)33(27-20-26(27)24-11-6-5-7-12-24)25-15-17-32(18-16-25)21-23-10-8-9-22(19-23)13-14-28(34)31-39(4,36)37;1-29(2,3)35-28(34)31(26-19-25(26)23-10-5-4-6-11-23)24-14-16-30(17-15-24)20-22-9-7-8-21(18-22)12-13-27(32)33;1-32(30,31)27-26(29)11-10-20-6-5-7-22(16-20)19-28-14-12-21(13-15-28)17-24-18-25(24)23-8-3-2-4-9-23;1-5(2,3)4/h5-14,19,25-27H,15-18,20-21H2,1-4H3,(H,31,34);4-13,18,24-26H,14-17,19-20H2,1-3H3,(H,32,33);2-11,16,21,24-25H,12-15,17-19H2,1H3,(H,27,29);1H3,(H2,2,3,4)/b14-13+;13-12+;11-10+;/t26-,27+;25-,26+;24-,25+;/m001./s1. The van der Waals surface area contributed by atoms with Gasteiger partial charge in [0.1, 0.15) is 11.2 Å². The lowest BCUT2D eigenvalue weighted by Crippen LogP contribution is -2.50. The van der Waals surface area contributed by atoms with E-state index in [1.54, 1.807) is 18.2 Å². The van der Waals surface area contributed by atoms with E-state index >= 15 is 0 Å². The second-order valence-corrected chi connectivity index (χ2v) is 37.4. The molecule has 0 bridgehead atoms. The summed E-state index contributed by atoms with van der Waals surface area (Å²) in [6.07, 6.45) is 21.7. The predicted molar refractivity (Wildman–Crippen MR) is 437 cm³/mol. The predicted octanol–water partition coefficient (Wildman–Crippen LogP) is 13.2. The van der Waals surface area contributed by atoms with Crippen LogP contribution in [-0.4, -0.2) is 178 Å². The van der Waals surface area contributed by atoms with Crippen molar-refractivity contribution in [1.29, 1.82) is 0 Å². The highest BCUT2D eigenvalue weighted by molar-refractivity contribution is 7.89. The molecule has 3 saturated carbocycles. The maximum absolute atomic E-state index is 13.3. The summed E-state index contributed by atoms with van der Waals surface area (Å²) >= 11 is 0. The van der Waals surface area contributed by atoms with Gasteiger partial charge in [-0.1, -0.05) is 164 Å². The average Bonchev–Trinajstić information content (AvgIpc) is 1.62. The summed E-state index contributed by atoms with van der Waals surface area (Å²) in [6.45, 7) is 19.8. The van der Waals surface area contributed by atoms with Crippen LogP contribution >= 0.6 is 0 Å². The Labute approximate surface area is 657 Å². The molecule has 12 rings (SSSR count). The summed E-state index contributed by atoms with van der Waals surface area (Å²) in [5, 5.41) is 13.2. The van der Waals surface area contributed by atoms with Gasteiger partial charge in [0, 0.05) is 100 Å². The minimum absolute atomic E-state index is 0.137. The van der Waals surface area contributed by atoms with Gasteiger partial charge in [-0.15, -0.1) is 0 Å². The highest BCUT2D eigenvalue weighted by Crippen LogP contribution is 2.52. The van der Waals surface area contributed by atoms with Gasteiger partial charge in [-0.25, -0.2) is 54.2 Å². The molecule has 6 aliphatic rings. The Morgan fingerprint density at radius 3 is 1.09 bits per heavy atom. The van der Waals surface area contributed by atoms with Crippen LogP contribution < -0.4 is 14.6 Å². The quantitative estimate of drug-likeness (QED) is 0.0433. The van der Waals surface area contributed by atoms with Crippen LogP contribution in [0, 0.1) is 11.8 Å². The fourth-order valence-corrected chi connectivity index (χ4v) is 15.9. The van der Waals surface area contributed by atoms with Crippen LogP contribution in [0.4, 0.5) is 9.59 Å². The molecule has 3 heterocycles. The van der Waals surface area contributed by atoms with Crippen molar-refractivity contribution in [1.82, 2.24) is 33.9 Å². The summed E-state index contributed by atoms with van der Waals surface area (Å²) in [7, 11) is -10.3. The third kappa shape index (κ3) is 30.7. The molecule has 3 saturated heterocycles. The van der Waals surface area contributed by atoms with Crippen molar-refractivity contribution < 1.29 is 63.8 Å². The van der Waals surface area contributed by atoms with E-state index in [4.69, 9.17) is 14.6 Å². The Kier molecular flexibility index (Phi) is 30.3. The van der Waals surface area contributed by atoms with Crippen molar-refractivity contribution in [3.63, 3.8) is 0 Å². The van der Waals surface area contributed by atoms with E-state index in [0.717, 1.165) is 168 Å². The summed E-state index contributed by atoms with van der Waals surface area (Å²) in [5.41, 5.74) is 9.09. The average molecular weight is 1580 g/mol. The number of hydrogen-bond acceptors (Lipinski definition) is 16. The lowest BCUT2D eigenvalue weighted by atomic mass is 9.90. The first-order valence-corrected chi connectivity index (χ1v) is 44.1. The number of benzene rings is 6. The van der Waals surface area contributed by atoms with E-state index in [-0.39, 0.29) is 36.4 Å². The first-order chi connectivity index (χ1) is 52.4. The molecule has 0 unspecified atom stereocenters. The Hall–Kier alpha value is -8.82. The zero-order chi connectivity index (χ0) is 80.3. The highest BCUT2D eigenvalue weighted by atomic mass is 32.2. The first kappa shape index (κ1) is 86.2. The van der Waals surface area contributed by atoms with Crippen LogP contribution in [0.2, 0.25) is 0 Å². The Bertz CT molecular complexity index is 4540. The van der Waals surface area contributed by atoms with Gasteiger partial charge in [-0.3, -0.25) is 24.3 Å². The molecule has 0 spiro atoms. The van der Waals surface area contributed by atoms with Gasteiger partial charge < -0.3 is 24.4 Å². The van der Waals surface area contributed by atoms with Crippen molar-refractivity contribution in [3.05, 3.63) is 232 Å². The molecular formula is C86H112N8O14S3.